The summed E-state index contributed by atoms with van der Waals surface area (Å²) in [6.07, 6.45) is 3.94. The largest absolute Gasteiger partial charge is 0.464 e. The third-order valence-corrected chi connectivity index (χ3v) is 2.48. The van der Waals surface area contributed by atoms with Gasteiger partial charge in [0.05, 0.1) is 13.2 Å². The van der Waals surface area contributed by atoms with Gasteiger partial charge in [-0.05, 0) is 24.5 Å². The topological polar surface area (TPSA) is 48.4 Å². The smallest absolute Gasteiger partial charge is 0.356 e. The fourth-order valence-electron chi connectivity index (χ4n) is 1.66. The van der Waals surface area contributed by atoms with E-state index in [1.165, 1.54) is 7.11 Å². The molecule has 4 nitrogen and oxygen atoms in total. The molecule has 1 fully saturated rings. The minimum Gasteiger partial charge on any atom is -0.464 e. The molecule has 0 N–H and O–H groups in total. The Bertz CT molecular complexity index is 341. The molecule has 1 unspecified atom stereocenters. The molecule has 1 aliphatic heterocycles. The zero-order chi connectivity index (χ0) is 10.7. The molecule has 80 valence electrons. The molecule has 2 heterocycles. The van der Waals surface area contributed by atoms with Gasteiger partial charge in [0.2, 0.25) is 0 Å². The van der Waals surface area contributed by atoms with Crippen LogP contribution in [0.1, 0.15) is 35.0 Å². The number of ether oxygens (including phenoxy) is 2. The molecule has 1 atom stereocenters. The van der Waals surface area contributed by atoms with Gasteiger partial charge in [-0.3, -0.25) is 0 Å². The average molecular weight is 207 g/mol. The molecule has 0 radical (unpaired) electrons. The molecule has 4 heteroatoms. The van der Waals surface area contributed by atoms with Gasteiger partial charge in [0.1, 0.15) is 5.69 Å². The molecule has 0 saturated carbocycles. The highest BCUT2D eigenvalue weighted by molar-refractivity contribution is 5.86. The van der Waals surface area contributed by atoms with E-state index >= 15 is 0 Å². The summed E-state index contributed by atoms with van der Waals surface area (Å²) >= 11 is 0. The summed E-state index contributed by atoms with van der Waals surface area (Å²) in [6.45, 7) is 0.809. The van der Waals surface area contributed by atoms with Crippen molar-refractivity contribution in [3.8, 4) is 0 Å². The van der Waals surface area contributed by atoms with Gasteiger partial charge in [-0.15, -0.1) is 0 Å². The van der Waals surface area contributed by atoms with Crippen molar-refractivity contribution >= 4 is 5.97 Å². The molecule has 1 saturated heterocycles. The van der Waals surface area contributed by atoms with E-state index < -0.39 is 5.97 Å². The summed E-state index contributed by atoms with van der Waals surface area (Å²) in [6, 6.07) is 3.54. The van der Waals surface area contributed by atoms with E-state index in [9.17, 15) is 4.79 Å². The summed E-state index contributed by atoms with van der Waals surface area (Å²) in [4.78, 5) is 15.2. The molecule has 0 aliphatic carbocycles. The molecule has 0 spiro atoms. The van der Waals surface area contributed by atoms with Gasteiger partial charge in [0.25, 0.3) is 0 Å². The van der Waals surface area contributed by atoms with E-state index in [1.807, 2.05) is 6.07 Å². The van der Waals surface area contributed by atoms with Crippen LogP contribution >= 0.6 is 0 Å². The molecule has 0 amide bonds. The molecule has 15 heavy (non-hydrogen) atoms. The first-order valence-electron chi connectivity index (χ1n) is 4.97. The van der Waals surface area contributed by atoms with Crippen LogP contribution in [-0.2, 0) is 9.47 Å². The second kappa shape index (κ2) is 4.40. The Morgan fingerprint density at radius 1 is 1.60 bits per heavy atom. The average Bonchev–Trinajstić information content (AvgIpc) is 2.82. The van der Waals surface area contributed by atoms with Crippen LogP contribution in [0.2, 0.25) is 0 Å². The van der Waals surface area contributed by atoms with E-state index in [1.54, 1.807) is 12.3 Å². The number of pyridine rings is 1. The van der Waals surface area contributed by atoms with Crippen molar-refractivity contribution in [1.82, 2.24) is 4.98 Å². The van der Waals surface area contributed by atoms with Crippen LogP contribution in [0.5, 0.6) is 0 Å². The lowest BCUT2D eigenvalue weighted by molar-refractivity contribution is 0.0593. The van der Waals surface area contributed by atoms with Gasteiger partial charge in [0.15, 0.2) is 0 Å². The minimum absolute atomic E-state index is 0.143. The van der Waals surface area contributed by atoms with Crippen LogP contribution in [0, 0.1) is 0 Å². The molecule has 0 bridgehead atoms. The number of aromatic nitrogens is 1. The van der Waals surface area contributed by atoms with Crippen molar-refractivity contribution in [2.45, 2.75) is 18.9 Å². The second-order valence-electron chi connectivity index (χ2n) is 3.47. The fraction of sp³-hybridized carbons (Fsp3) is 0.455. The first kappa shape index (κ1) is 10.1. The first-order chi connectivity index (χ1) is 7.31. The van der Waals surface area contributed by atoms with Crippen molar-refractivity contribution in [2.75, 3.05) is 13.7 Å². The summed E-state index contributed by atoms with van der Waals surface area (Å²) < 4.78 is 10.1. The standard InChI is InChI=1S/C11H13NO3/c1-14-11(13)9-5-4-8(7-12-9)10-3-2-6-15-10/h4-5,7,10H,2-3,6H2,1H3. The van der Waals surface area contributed by atoms with Gasteiger partial charge in [-0.1, -0.05) is 6.07 Å². The molecular weight excluding hydrogens is 194 g/mol. The van der Waals surface area contributed by atoms with Gasteiger partial charge in [0, 0.05) is 12.8 Å². The number of hydrogen-bond acceptors (Lipinski definition) is 4. The Balaban J connectivity index is 2.12. The van der Waals surface area contributed by atoms with Crippen molar-refractivity contribution in [2.24, 2.45) is 0 Å². The summed E-state index contributed by atoms with van der Waals surface area (Å²) in [5.74, 6) is -0.408. The highest BCUT2D eigenvalue weighted by Gasteiger charge is 2.18. The van der Waals surface area contributed by atoms with E-state index in [0.29, 0.717) is 5.69 Å². The molecule has 0 aromatic carbocycles. The number of carbonyl (C=O) groups is 1. The predicted molar refractivity (Wildman–Crippen MR) is 53.5 cm³/mol. The molecule has 1 aromatic heterocycles. The third-order valence-electron chi connectivity index (χ3n) is 2.48. The van der Waals surface area contributed by atoms with E-state index in [-0.39, 0.29) is 6.10 Å². The molecule has 2 rings (SSSR count). The van der Waals surface area contributed by atoms with Gasteiger partial charge in [-0.25, -0.2) is 9.78 Å². The van der Waals surface area contributed by atoms with Crippen molar-refractivity contribution in [1.29, 1.82) is 0 Å². The number of carbonyl (C=O) groups excluding carboxylic acids is 1. The zero-order valence-electron chi connectivity index (χ0n) is 8.60. The lowest BCUT2D eigenvalue weighted by Gasteiger charge is -2.08. The highest BCUT2D eigenvalue weighted by Crippen LogP contribution is 2.27. The molecule has 1 aliphatic rings. The number of rotatable bonds is 2. The Morgan fingerprint density at radius 2 is 2.47 bits per heavy atom. The number of nitrogens with zero attached hydrogens (tertiary/aromatic N) is 1. The normalized spacial score (nSPS) is 20.2. The van der Waals surface area contributed by atoms with Crippen molar-refractivity contribution in [3.05, 3.63) is 29.6 Å². The Labute approximate surface area is 88.2 Å². The maximum atomic E-state index is 11.1. The van der Waals surface area contributed by atoms with Crippen LogP contribution in [0.3, 0.4) is 0 Å². The van der Waals surface area contributed by atoms with Gasteiger partial charge in [-0.2, -0.15) is 0 Å². The lowest BCUT2D eigenvalue weighted by Crippen LogP contribution is -2.05. The quantitative estimate of drug-likeness (QED) is 0.693. The van der Waals surface area contributed by atoms with Crippen LogP contribution in [0.4, 0.5) is 0 Å². The van der Waals surface area contributed by atoms with E-state index in [4.69, 9.17) is 4.74 Å². The van der Waals surface area contributed by atoms with Crippen molar-refractivity contribution in [3.63, 3.8) is 0 Å². The Hall–Kier alpha value is -1.42. The van der Waals surface area contributed by atoms with Crippen LogP contribution < -0.4 is 0 Å². The second-order valence-corrected chi connectivity index (χ2v) is 3.47. The maximum absolute atomic E-state index is 11.1. The third kappa shape index (κ3) is 2.15. The highest BCUT2D eigenvalue weighted by atomic mass is 16.5. The lowest BCUT2D eigenvalue weighted by atomic mass is 10.1. The number of esters is 1. The first-order valence-corrected chi connectivity index (χ1v) is 4.97. The Morgan fingerprint density at radius 3 is 3.00 bits per heavy atom. The number of methoxy groups -OCH3 is 1. The monoisotopic (exact) mass is 207 g/mol. The molecular formula is C11H13NO3. The van der Waals surface area contributed by atoms with Gasteiger partial charge < -0.3 is 9.47 Å². The predicted octanol–water partition coefficient (Wildman–Crippen LogP) is 1.72. The van der Waals surface area contributed by atoms with Gasteiger partial charge >= 0.3 is 5.97 Å². The van der Waals surface area contributed by atoms with Crippen LogP contribution in [0.15, 0.2) is 18.3 Å². The van der Waals surface area contributed by atoms with E-state index in [0.717, 1.165) is 25.0 Å². The van der Waals surface area contributed by atoms with Crippen molar-refractivity contribution < 1.29 is 14.3 Å². The SMILES string of the molecule is COC(=O)c1ccc(C2CCCO2)cn1. The summed E-state index contributed by atoms with van der Waals surface area (Å²) in [7, 11) is 1.35. The fourth-order valence-corrected chi connectivity index (χ4v) is 1.66. The van der Waals surface area contributed by atoms with E-state index in [2.05, 4.69) is 9.72 Å². The molecule has 1 aromatic rings. The summed E-state index contributed by atoms with van der Waals surface area (Å²) in [5.41, 5.74) is 1.36. The minimum atomic E-state index is -0.408. The zero-order valence-corrected chi connectivity index (χ0v) is 8.60. The summed E-state index contributed by atoms with van der Waals surface area (Å²) in [5, 5.41) is 0. The Kier molecular flexibility index (Phi) is 2.97. The number of hydrogen-bond donors (Lipinski definition) is 0. The van der Waals surface area contributed by atoms with Crippen LogP contribution in [-0.4, -0.2) is 24.7 Å². The van der Waals surface area contributed by atoms with Crippen LogP contribution in [0.25, 0.3) is 0 Å². The maximum Gasteiger partial charge on any atom is 0.356 e.